The number of carbonyl (C=O) groups excluding carboxylic acids is 3. The van der Waals surface area contributed by atoms with Crippen molar-refractivity contribution >= 4 is 35.3 Å². The van der Waals surface area contributed by atoms with E-state index < -0.39 is 12.1 Å². The van der Waals surface area contributed by atoms with E-state index in [4.69, 9.17) is 11.6 Å². The van der Waals surface area contributed by atoms with Crippen LogP contribution in [0.1, 0.15) is 12.8 Å². The molecule has 8 nitrogen and oxygen atoms in total. The van der Waals surface area contributed by atoms with Crippen molar-refractivity contribution in [1.82, 2.24) is 20.5 Å². The van der Waals surface area contributed by atoms with Gasteiger partial charge in [-0.1, -0.05) is 11.6 Å². The smallest absolute Gasteiger partial charge is 0.322 e. The van der Waals surface area contributed by atoms with Crippen molar-refractivity contribution < 1.29 is 14.4 Å². The van der Waals surface area contributed by atoms with E-state index in [1.54, 1.807) is 17.2 Å². The van der Waals surface area contributed by atoms with Crippen LogP contribution in [0, 0.1) is 0 Å². The monoisotopic (exact) mass is 351 g/mol. The molecule has 24 heavy (non-hydrogen) atoms. The Labute approximate surface area is 144 Å². The predicted molar refractivity (Wildman–Crippen MR) is 87.7 cm³/mol. The van der Waals surface area contributed by atoms with Gasteiger partial charge in [-0.2, -0.15) is 0 Å². The number of hydrogen-bond acceptors (Lipinski definition) is 5. The third kappa shape index (κ3) is 3.76. The molecule has 0 aliphatic carbocycles. The summed E-state index contributed by atoms with van der Waals surface area (Å²) in [5.74, 6) is 0.314. The van der Waals surface area contributed by atoms with E-state index >= 15 is 0 Å². The molecule has 1 aromatic rings. The van der Waals surface area contributed by atoms with Gasteiger partial charge in [-0.25, -0.2) is 9.78 Å². The molecule has 3 heterocycles. The molecular weight excluding hydrogens is 334 g/mol. The molecule has 0 unspecified atom stereocenters. The molecule has 2 N–H and O–H groups in total. The minimum atomic E-state index is -0.656. The highest BCUT2D eigenvalue weighted by molar-refractivity contribution is 6.30. The Balaban J connectivity index is 1.57. The molecule has 2 fully saturated rings. The number of imide groups is 1. The third-order valence-corrected chi connectivity index (χ3v) is 4.37. The lowest BCUT2D eigenvalue weighted by Gasteiger charge is -2.36. The maximum atomic E-state index is 12.6. The number of aromatic nitrogens is 1. The van der Waals surface area contributed by atoms with Crippen LogP contribution in [0.3, 0.4) is 0 Å². The second-order valence-corrected chi connectivity index (χ2v) is 6.20. The van der Waals surface area contributed by atoms with Crippen LogP contribution in [0.2, 0.25) is 5.02 Å². The average molecular weight is 352 g/mol. The van der Waals surface area contributed by atoms with Crippen LogP contribution in [0.4, 0.5) is 10.6 Å². The maximum absolute atomic E-state index is 12.6. The average Bonchev–Trinajstić information content (AvgIpc) is 2.75. The Morgan fingerprint density at radius 1 is 1.21 bits per heavy atom. The zero-order valence-electron chi connectivity index (χ0n) is 13.0. The molecule has 1 aromatic heterocycles. The van der Waals surface area contributed by atoms with Crippen LogP contribution in [0.15, 0.2) is 18.3 Å². The van der Waals surface area contributed by atoms with Crippen molar-refractivity contribution in [2.45, 2.75) is 18.9 Å². The number of halogens is 1. The zero-order chi connectivity index (χ0) is 17.1. The fourth-order valence-electron chi connectivity index (χ4n) is 2.85. The van der Waals surface area contributed by atoms with Gasteiger partial charge in [0.2, 0.25) is 11.8 Å². The van der Waals surface area contributed by atoms with E-state index in [9.17, 15) is 14.4 Å². The molecule has 3 rings (SSSR count). The van der Waals surface area contributed by atoms with Crippen LogP contribution >= 0.6 is 11.6 Å². The normalized spacial score (nSPS) is 21.8. The van der Waals surface area contributed by atoms with Crippen LogP contribution in [0.5, 0.6) is 0 Å². The molecule has 128 valence electrons. The van der Waals surface area contributed by atoms with Crippen LogP contribution < -0.4 is 15.5 Å². The summed E-state index contributed by atoms with van der Waals surface area (Å²) in [6.45, 7) is 2.38. The first-order valence-electron chi connectivity index (χ1n) is 7.78. The van der Waals surface area contributed by atoms with Gasteiger partial charge in [0.05, 0.1) is 5.02 Å². The summed E-state index contributed by atoms with van der Waals surface area (Å²) in [5.41, 5.74) is 0. The third-order valence-electron chi connectivity index (χ3n) is 4.14. The lowest BCUT2D eigenvalue weighted by molar-refractivity contribution is -0.133. The number of amides is 4. The molecule has 1 atom stereocenters. The Morgan fingerprint density at radius 2 is 1.96 bits per heavy atom. The Kier molecular flexibility index (Phi) is 4.84. The molecule has 0 bridgehead atoms. The summed E-state index contributed by atoms with van der Waals surface area (Å²) < 4.78 is 0. The molecule has 2 aliphatic heterocycles. The van der Waals surface area contributed by atoms with Gasteiger partial charge in [-0.15, -0.1) is 0 Å². The highest BCUT2D eigenvalue weighted by Gasteiger charge is 2.31. The highest BCUT2D eigenvalue weighted by Crippen LogP contribution is 2.17. The Bertz CT molecular complexity index is 643. The molecule has 9 heteroatoms. The number of nitrogens with one attached hydrogen (secondary N) is 2. The van der Waals surface area contributed by atoms with Crippen LogP contribution in [-0.4, -0.2) is 60.0 Å². The second kappa shape index (κ2) is 7.04. The van der Waals surface area contributed by atoms with Crippen molar-refractivity contribution in [3.05, 3.63) is 23.4 Å². The maximum Gasteiger partial charge on any atom is 0.322 e. The topological polar surface area (TPSA) is 94.6 Å². The Hall–Kier alpha value is -2.35. The van der Waals surface area contributed by atoms with Crippen molar-refractivity contribution in [3.8, 4) is 0 Å². The van der Waals surface area contributed by atoms with Gasteiger partial charge >= 0.3 is 6.03 Å². The molecular formula is C15H18ClN5O3. The van der Waals surface area contributed by atoms with E-state index in [0.29, 0.717) is 37.6 Å². The summed E-state index contributed by atoms with van der Waals surface area (Å²) in [6, 6.07) is 2.37. The van der Waals surface area contributed by atoms with E-state index in [1.165, 1.54) is 0 Å². The minimum absolute atomic E-state index is 0.149. The number of piperazine rings is 1. The lowest BCUT2D eigenvalue weighted by Crippen LogP contribution is -2.55. The van der Waals surface area contributed by atoms with E-state index in [0.717, 1.165) is 5.82 Å². The minimum Gasteiger partial charge on any atom is -0.353 e. The van der Waals surface area contributed by atoms with Gasteiger partial charge in [0, 0.05) is 38.8 Å². The molecule has 2 aliphatic rings. The first kappa shape index (κ1) is 16.5. The van der Waals surface area contributed by atoms with E-state index in [-0.39, 0.29) is 18.2 Å². The zero-order valence-corrected chi connectivity index (χ0v) is 13.8. The first-order chi connectivity index (χ1) is 11.5. The van der Waals surface area contributed by atoms with Gasteiger partial charge < -0.3 is 15.1 Å². The predicted octanol–water partition coefficient (Wildman–Crippen LogP) is 0.372. The standard InChI is InChI=1S/C15H18ClN5O3/c16-10-1-3-12(17-9-10)20-5-7-21(8-6-20)14(23)11-2-4-13(22)19-15(24)18-11/h1,3,9,11H,2,4-8H2,(H2,18,19,22,24)/t11-/m0/s1. The van der Waals surface area contributed by atoms with Crippen molar-refractivity contribution in [2.75, 3.05) is 31.1 Å². The largest absolute Gasteiger partial charge is 0.353 e. The number of hydrogen-bond donors (Lipinski definition) is 2. The van der Waals surface area contributed by atoms with E-state index in [1.807, 2.05) is 6.07 Å². The fraction of sp³-hybridized carbons (Fsp3) is 0.467. The highest BCUT2D eigenvalue weighted by atomic mass is 35.5. The van der Waals surface area contributed by atoms with E-state index in [2.05, 4.69) is 20.5 Å². The number of carbonyl (C=O) groups is 3. The second-order valence-electron chi connectivity index (χ2n) is 5.76. The number of urea groups is 1. The van der Waals surface area contributed by atoms with Crippen molar-refractivity contribution in [3.63, 3.8) is 0 Å². The van der Waals surface area contributed by atoms with Crippen molar-refractivity contribution in [2.24, 2.45) is 0 Å². The SMILES string of the molecule is O=C1CC[C@@H](C(=O)N2CCN(c3ccc(Cl)cn3)CC2)NC(=O)N1. The van der Waals surface area contributed by atoms with Crippen molar-refractivity contribution in [1.29, 1.82) is 0 Å². The molecule has 2 saturated heterocycles. The lowest BCUT2D eigenvalue weighted by atomic mass is 10.1. The van der Waals surface area contributed by atoms with Gasteiger partial charge in [0.1, 0.15) is 11.9 Å². The summed E-state index contributed by atoms with van der Waals surface area (Å²) in [7, 11) is 0. The summed E-state index contributed by atoms with van der Waals surface area (Å²) in [4.78, 5) is 43.5. The number of rotatable bonds is 2. The van der Waals surface area contributed by atoms with Crippen LogP contribution in [-0.2, 0) is 9.59 Å². The first-order valence-corrected chi connectivity index (χ1v) is 8.16. The molecule has 0 spiro atoms. The molecule has 0 aromatic carbocycles. The van der Waals surface area contributed by atoms with Crippen LogP contribution in [0.25, 0.3) is 0 Å². The molecule has 0 saturated carbocycles. The van der Waals surface area contributed by atoms with Gasteiger partial charge in [-0.3, -0.25) is 14.9 Å². The molecule has 4 amide bonds. The number of pyridine rings is 1. The Morgan fingerprint density at radius 3 is 2.62 bits per heavy atom. The quantitative estimate of drug-likeness (QED) is 0.803. The number of anilines is 1. The fourth-order valence-corrected chi connectivity index (χ4v) is 2.96. The molecule has 0 radical (unpaired) electrons. The van der Waals surface area contributed by atoms with Gasteiger partial charge in [0.15, 0.2) is 0 Å². The number of nitrogens with zero attached hydrogens (tertiary/aromatic N) is 3. The summed E-state index contributed by atoms with van der Waals surface area (Å²) >= 11 is 5.84. The summed E-state index contributed by atoms with van der Waals surface area (Å²) in [5, 5.41) is 5.31. The van der Waals surface area contributed by atoms with Gasteiger partial charge in [0.25, 0.3) is 0 Å². The summed E-state index contributed by atoms with van der Waals surface area (Å²) in [6.07, 6.45) is 2.07. The van der Waals surface area contributed by atoms with Gasteiger partial charge in [-0.05, 0) is 18.6 Å².